The minimum Gasteiger partial charge on any atom is -0.258 e. The number of rotatable bonds is 4. The van der Waals surface area contributed by atoms with E-state index in [9.17, 15) is 18.9 Å². The first-order valence-corrected chi connectivity index (χ1v) is 7.55. The fourth-order valence-electron chi connectivity index (χ4n) is 2.66. The molecule has 0 spiro atoms. The highest BCUT2D eigenvalue weighted by molar-refractivity contribution is 9.09. The maximum atomic E-state index is 13.1. The second kappa shape index (κ2) is 6.16. The molecule has 1 aliphatic carbocycles. The van der Waals surface area contributed by atoms with Gasteiger partial charge in [0.1, 0.15) is 0 Å². The Labute approximate surface area is 124 Å². The van der Waals surface area contributed by atoms with Crippen LogP contribution in [-0.2, 0) is 6.42 Å². The predicted octanol–water partition coefficient (Wildman–Crippen LogP) is 4.73. The molecule has 1 aliphatic rings. The largest absolute Gasteiger partial charge is 0.272 e. The molecule has 0 heterocycles. The van der Waals surface area contributed by atoms with Gasteiger partial charge in [-0.15, -0.1) is 0 Å². The molecule has 2 rings (SSSR count). The van der Waals surface area contributed by atoms with Crippen molar-refractivity contribution in [2.24, 2.45) is 5.92 Å². The number of nitro benzene ring substituents is 1. The van der Waals surface area contributed by atoms with Gasteiger partial charge >= 0.3 is 0 Å². The van der Waals surface area contributed by atoms with Gasteiger partial charge in [-0.3, -0.25) is 10.1 Å². The van der Waals surface area contributed by atoms with Gasteiger partial charge in [0.05, 0.1) is 4.92 Å². The number of hydrogen-bond acceptors (Lipinski definition) is 2. The van der Waals surface area contributed by atoms with Crippen LogP contribution < -0.4 is 0 Å². The Morgan fingerprint density at radius 1 is 1.35 bits per heavy atom. The first kappa shape index (κ1) is 15.4. The Kier molecular flexibility index (Phi) is 4.73. The summed E-state index contributed by atoms with van der Waals surface area (Å²) in [6.45, 7) is 0. The third-order valence-electron chi connectivity index (χ3n) is 3.88. The number of nitro groups is 1. The van der Waals surface area contributed by atoms with E-state index in [1.165, 1.54) is 6.07 Å². The SMILES string of the molecule is O=[N+]([O-])c1ccccc1CC(Br)C1CCC(F)(F)CC1. The highest BCUT2D eigenvalue weighted by Crippen LogP contribution is 2.40. The molecule has 0 saturated heterocycles. The lowest BCUT2D eigenvalue weighted by Gasteiger charge is -2.31. The monoisotopic (exact) mass is 347 g/mol. The van der Waals surface area contributed by atoms with Crippen LogP contribution in [0.15, 0.2) is 24.3 Å². The minimum atomic E-state index is -2.54. The van der Waals surface area contributed by atoms with Crippen LogP contribution in [0.2, 0.25) is 0 Å². The molecule has 1 fully saturated rings. The fraction of sp³-hybridized carbons (Fsp3) is 0.571. The molecule has 1 aromatic rings. The zero-order valence-electron chi connectivity index (χ0n) is 10.9. The lowest BCUT2D eigenvalue weighted by Crippen LogP contribution is -2.29. The van der Waals surface area contributed by atoms with Crippen LogP contribution in [0.3, 0.4) is 0 Å². The van der Waals surface area contributed by atoms with E-state index in [0.717, 1.165) is 0 Å². The van der Waals surface area contributed by atoms with Crippen molar-refractivity contribution >= 4 is 21.6 Å². The number of para-hydroxylation sites is 1. The molecule has 20 heavy (non-hydrogen) atoms. The van der Waals surface area contributed by atoms with Gasteiger partial charge in [0.15, 0.2) is 0 Å². The molecule has 0 N–H and O–H groups in total. The van der Waals surface area contributed by atoms with E-state index in [1.54, 1.807) is 18.2 Å². The van der Waals surface area contributed by atoms with Crippen LogP contribution in [0.25, 0.3) is 0 Å². The quantitative estimate of drug-likeness (QED) is 0.449. The van der Waals surface area contributed by atoms with Crippen molar-refractivity contribution in [2.75, 3.05) is 0 Å². The van der Waals surface area contributed by atoms with E-state index in [-0.39, 0.29) is 29.3 Å². The molecular weight excluding hydrogens is 332 g/mol. The first-order chi connectivity index (χ1) is 9.39. The maximum Gasteiger partial charge on any atom is 0.272 e. The van der Waals surface area contributed by atoms with E-state index < -0.39 is 10.8 Å². The summed E-state index contributed by atoms with van der Waals surface area (Å²) in [5, 5.41) is 11.0. The number of alkyl halides is 3. The van der Waals surface area contributed by atoms with Gasteiger partial charge < -0.3 is 0 Å². The van der Waals surface area contributed by atoms with Gasteiger partial charge in [0, 0.05) is 29.3 Å². The Morgan fingerprint density at radius 3 is 2.55 bits per heavy atom. The molecule has 0 aliphatic heterocycles. The zero-order valence-corrected chi connectivity index (χ0v) is 12.5. The van der Waals surface area contributed by atoms with Gasteiger partial charge in [-0.2, -0.15) is 0 Å². The van der Waals surface area contributed by atoms with Crippen molar-refractivity contribution in [3.8, 4) is 0 Å². The number of halogens is 3. The predicted molar refractivity (Wildman–Crippen MR) is 76.4 cm³/mol. The molecule has 0 aromatic heterocycles. The highest BCUT2D eigenvalue weighted by Gasteiger charge is 2.37. The fourth-order valence-corrected chi connectivity index (χ4v) is 3.54. The molecule has 6 heteroatoms. The van der Waals surface area contributed by atoms with Gasteiger partial charge in [-0.05, 0) is 25.2 Å². The van der Waals surface area contributed by atoms with E-state index in [2.05, 4.69) is 15.9 Å². The Morgan fingerprint density at radius 2 is 1.95 bits per heavy atom. The van der Waals surface area contributed by atoms with Gasteiger partial charge in [-0.25, -0.2) is 8.78 Å². The van der Waals surface area contributed by atoms with Gasteiger partial charge in [0.2, 0.25) is 5.92 Å². The van der Waals surface area contributed by atoms with E-state index >= 15 is 0 Å². The summed E-state index contributed by atoms with van der Waals surface area (Å²) in [4.78, 5) is 10.6. The second-order valence-electron chi connectivity index (χ2n) is 5.30. The van der Waals surface area contributed by atoms with Crippen molar-refractivity contribution < 1.29 is 13.7 Å². The third kappa shape index (κ3) is 3.75. The molecule has 0 radical (unpaired) electrons. The molecule has 1 unspecified atom stereocenters. The van der Waals surface area contributed by atoms with E-state index in [0.29, 0.717) is 24.8 Å². The molecule has 0 bridgehead atoms. The van der Waals surface area contributed by atoms with Crippen LogP contribution in [0.4, 0.5) is 14.5 Å². The van der Waals surface area contributed by atoms with E-state index in [1.807, 2.05) is 0 Å². The smallest absolute Gasteiger partial charge is 0.258 e. The lowest BCUT2D eigenvalue weighted by atomic mass is 9.83. The summed E-state index contributed by atoms with van der Waals surface area (Å²) < 4.78 is 26.3. The third-order valence-corrected chi connectivity index (χ3v) is 4.95. The number of nitrogens with zero attached hydrogens (tertiary/aromatic N) is 1. The molecular formula is C14H16BrF2NO2. The molecule has 1 aromatic carbocycles. The van der Waals surface area contributed by atoms with Crippen molar-refractivity contribution in [3.05, 3.63) is 39.9 Å². The average molecular weight is 348 g/mol. The van der Waals surface area contributed by atoms with Crippen molar-refractivity contribution in [3.63, 3.8) is 0 Å². The number of hydrogen-bond donors (Lipinski definition) is 0. The van der Waals surface area contributed by atoms with Crippen molar-refractivity contribution in [1.29, 1.82) is 0 Å². The Hall–Kier alpha value is -1.04. The highest BCUT2D eigenvalue weighted by atomic mass is 79.9. The summed E-state index contributed by atoms with van der Waals surface area (Å²) in [6, 6.07) is 6.59. The normalized spacial score (nSPS) is 20.6. The molecule has 1 atom stereocenters. The maximum absolute atomic E-state index is 13.1. The summed E-state index contributed by atoms with van der Waals surface area (Å²) in [5.41, 5.74) is 0.745. The molecule has 1 saturated carbocycles. The molecule has 0 amide bonds. The zero-order chi connectivity index (χ0) is 14.8. The second-order valence-corrected chi connectivity index (χ2v) is 6.48. The standard InChI is InChI=1S/C14H16BrF2NO2/c15-12(10-5-7-14(16,17)8-6-10)9-11-3-1-2-4-13(11)18(19)20/h1-4,10,12H,5-9H2. The summed E-state index contributed by atoms with van der Waals surface area (Å²) in [7, 11) is 0. The summed E-state index contributed by atoms with van der Waals surface area (Å²) in [6.07, 6.45) is 1.24. The van der Waals surface area contributed by atoms with Gasteiger partial charge in [-0.1, -0.05) is 34.1 Å². The summed E-state index contributed by atoms with van der Waals surface area (Å²) in [5.74, 6) is -2.39. The number of benzene rings is 1. The lowest BCUT2D eigenvalue weighted by molar-refractivity contribution is -0.385. The van der Waals surface area contributed by atoms with Gasteiger partial charge in [0.25, 0.3) is 5.69 Å². The van der Waals surface area contributed by atoms with Crippen LogP contribution in [0, 0.1) is 16.0 Å². The minimum absolute atomic E-state index is 0.000278. The topological polar surface area (TPSA) is 43.1 Å². The van der Waals surface area contributed by atoms with Crippen LogP contribution >= 0.6 is 15.9 Å². The van der Waals surface area contributed by atoms with Crippen LogP contribution in [-0.4, -0.2) is 15.7 Å². The Bertz CT molecular complexity index is 486. The molecule has 3 nitrogen and oxygen atoms in total. The van der Waals surface area contributed by atoms with Crippen LogP contribution in [0.1, 0.15) is 31.2 Å². The first-order valence-electron chi connectivity index (χ1n) is 6.63. The average Bonchev–Trinajstić information content (AvgIpc) is 2.38. The Balaban J connectivity index is 2.02. The van der Waals surface area contributed by atoms with Crippen molar-refractivity contribution in [2.45, 2.75) is 42.9 Å². The van der Waals surface area contributed by atoms with E-state index in [4.69, 9.17) is 0 Å². The summed E-state index contributed by atoms with van der Waals surface area (Å²) >= 11 is 3.53. The molecule has 110 valence electrons. The van der Waals surface area contributed by atoms with Crippen LogP contribution in [0.5, 0.6) is 0 Å². The van der Waals surface area contributed by atoms with Crippen molar-refractivity contribution in [1.82, 2.24) is 0 Å².